The van der Waals surface area contributed by atoms with Gasteiger partial charge >= 0.3 is 0 Å². The summed E-state index contributed by atoms with van der Waals surface area (Å²) in [4.78, 5) is 11.9. The summed E-state index contributed by atoms with van der Waals surface area (Å²) in [7, 11) is 0. The number of benzene rings is 1. The number of carbonyl (C=O) groups excluding carboxylic acids is 1. The number of aromatic amines is 1. The molecule has 1 amide bonds. The van der Waals surface area contributed by atoms with Crippen LogP contribution in [0.4, 0.5) is 4.39 Å². The lowest BCUT2D eigenvalue weighted by atomic mass is 10.1. The lowest BCUT2D eigenvalue weighted by Gasteiger charge is -2.02. The molecule has 1 aromatic heterocycles. The zero-order valence-electron chi connectivity index (χ0n) is 12.2. The van der Waals surface area contributed by atoms with E-state index in [0.29, 0.717) is 17.9 Å². The van der Waals surface area contributed by atoms with Gasteiger partial charge in [0.1, 0.15) is 11.5 Å². The van der Waals surface area contributed by atoms with Crippen molar-refractivity contribution in [2.45, 2.75) is 32.6 Å². The van der Waals surface area contributed by atoms with Crippen LogP contribution in [0.3, 0.4) is 0 Å². The number of halogens is 1. The average Bonchev–Trinajstić information content (AvgIpc) is 2.97. The number of H-pyrrole nitrogens is 1. The fourth-order valence-corrected chi connectivity index (χ4v) is 2.06. The molecular weight excluding hydrogens is 269 g/mol. The summed E-state index contributed by atoms with van der Waals surface area (Å²) >= 11 is 0. The van der Waals surface area contributed by atoms with Gasteiger partial charge in [-0.15, -0.1) is 0 Å². The van der Waals surface area contributed by atoms with E-state index in [1.807, 2.05) is 0 Å². The highest BCUT2D eigenvalue weighted by molar-refractivity contribution is 5.93. The van der Waals surface area contributed by atoms with Crippen molar-refractivity contribution >= 4 is 5.91 Å². The van der Waals surface area contributed by atoms with Gasteiger partial charge in [0, 0.05) is 12.1 Å². The van der Waals surface area contributed by atoms with E-state index >= 15 is 0 Å². The Hall–Kier alpha value is -2.17. The summed E-state index contributed by atoms with van der Waals surface area (Å²) in [6, 6.07) is 7.69. The second kappa shape index (κ2) is 7.57. The Morgan fingerprint density at radius 1 is 1.24 bits per heavy atom. The van der Waals surface area contributed by atoms with E-state index < -0.39 is 0 Å². The van der Waals surface area contributed by atoms with Crippen LogP contribution in [-0.2, 0) is 0 Å². The van der Waals surface area contributed by atoms with Crippen molar-refractivity contribution in [2.75, 3.05) is 6.54 Å². The fraction of sp³-hybridized carbons (Fsp3) is 0.375. The molecule has 5 heteroatoms. The zero-order valence-corrected chi connectivity index (χ0v) is 12.2. The molecule has 0 saturated carbocycles. The van der Waals surface area contributed by atoms with Crippen LogP contribution in [0.2, 0.25) is 0 Å². The molecule has 0 aliphatic heterocycles. The number of carbonyl (C=O) groups is 1. The number of amides is 1. The van der Waals surface area contributed by atoms with Crippen molar-refractivity contribution in [3.63, 3.8) is 0 Å². The maximum Gasteiger partial charge on any atom is 0.269 e. The van der Waals surface area contributed by atoms with E-state index in [1.54, 1.807) is 18.2 Å². The molecule has 1 heterocycles. The van der Waals surface area contributed by atoms with Crippen molar-refractivity contribution in [3.8, 4) is 11.3 Å². The first-order chi connectivity index (χ1) is 10.2. The lowest BCUT2D eigenvalue weighted by molar-refractivity contribution is 0.0948. The van der Waals surface area contributed by atoms with Crippen molar-refractivity contribution < 1.29 is 9.18 Å². The predicted molar refractivity (Wildman–Crippen MR) is 80.5 cm³/mol. The number of nitrogens with one attached hydrogen (secondary N) is 2. The third-order valence-corrected chi connectivity index (χ3v) is 3.28. The molecule has 1 aromatic carbocycles. The van der Waals surface area contributed by atoms with E-state index in [1.165, 1.54) is 25.0 Å². The van der Waals surface area contributed by atoms with Gasteiger partial charge in [0.2, 0.25) is 0 Å². The smallest absolute Gasteiger partial charge is 0.269 e. The highest BCUT2D eigenvalue weighted by Gasteiger charge is 2.10. The van der Waals surface area contributed by atoms with Crippen molar-refractivity contribution in [1.82, 2.24) is 15.5 Å². The second-order valence-corrected chi connectivity index (χ2v) is 4.99. The number of nitrogens with zero attached hydrogens (tertiary/aromatic N) is 1. The normalized spacial score (nSPS) is 10.6. The van der Waals surface area contributed by atoms with E-state index in [0.717, 1.165) is 18.4 Å². The Kier molecular flexibility index (Phi) is 5.49. The number of hydrogen-bond donors (Lipinski definition) is 2. The van der Waals surface area contributed by atoms with Crippen LogP contribution in [0.25, 0.3) is 11.3 Å². The first-order valence-electron chi connectivity index (χ1n) is 7.30. The molecule has 0 spiro atoms. The summed E-state index contributed by atoms with van der Waals surface area (Å²) in [5.41, 5.74) is 1.82. The third-order valence-electron chi connectivity index (χ3n) is 3.28. The molecule has 0 aliphatic rings. The van der Waals surface area contributed by atoms with Crippen LogP contribution < -0.4 is 5.32 Å². The molecule has 2 aromatic rings. The summed E-state index contributed by atoms with van der Waals surface area (Å²) in [6.07, 6.45) is 4.48. The minimum atomic E-state index is -0.292. The molecule has 0 radical (unpaired) electrons. The molecule has 0 atom stereocenters. The SMILES string of the molecule is CCCCCCNC(=O)c1cc(-c2ccc(F)cc2)n[nH]1. The summed E-state index contributed by atoms with van der Waals surface area (Å²) in [5, 5.41) is 9.66. The van der Waals surface area contributed by atoms with E-state index in [-0.39, 0.29) is 11.7 Å². The molecule has 0 saturated heterocycles. The quantitative estimate of drug-likeness (QED) is 0.766. The van der Waals surface area contributed by atoms with Crippen LogP contribution in [0, 0.1) is 5.82 Å². The Balaban J connectivity index is 1.90. The number of unbranched alkanes of at least 4 members (excludes halogenated alkanes) is 3. The van der Waals surface area contributed by atoms with Crippen LogP contribution in [0.15, 0.2) is 30.3 Å². The molecule has 4 nitrogen and oxygen atoms in total. The summed E-state index contributed by atoms with van der Waals surface area (Å²) < 4.78 is 12.9. The van der Waals surface area contributed by atoms with Gasteiger partial charge in [-0.2, -0.15) is 5.10 Å². The van der Waals surface area contributed by atoms with Gasteiger partial charge in [0.15, 0.2) is 0 Å². The van der Waals surface area contributed by atoms with Crippen molar-refractivity contribution in [3.05, 3.63) is 41.8 Å². The number of rotatable bonds is 7. The molecule has 0 unspecified atom stereocenters. The topological polar surface area (TPSA) is 57.8 Å². The molecule has 2 rings (SSSR count). The largest absolute Gasteiger partial charge is 0.351 e. The number of aromatic nitrogens is 2. The molecule has 21 heavy (non-hydrogen) atoms. The minimum Gasteiger partial charge on any atom is -0.351 e. The standard InChI is InChI=1S/C16H20FN3O/c1-2-3-4-5-10-18-16(21)15-11-14(19-20-15)12-6-8-13(17)9-7-12/h6-9,11H,2-5,10H2,1H3,(H,18,21)(H,19,20). The predicted octanol–water partition coefficient (Wildman–Crippen LogP) is 3.53. The Morgan fingerprint density at radius 3 is 2.71 bits per heavy atom. The zero-order chi connectivity index (χ0) is 15.1. The molecule has 0 fully saturated rings. The maximum absolute atomic E-state index is 12.9. The first-order valence-corrected chi connectivity index (χ1v) is 7.30. The summed E-state index contributed by atoms with van der Waals surface area (Å²) in [6.45, 7) is 2.82. The third kappa shape index (κ3) is 4.41. The molecule has 0 bridgehead atoms. The molecule has 0 aliphatic carbocycles. The fourth-order valence-electron chi connectivity index (χ4n) is 2.06. The Bertz CT molecular complexity index is 577. The van der Waals surface area contributed by atoms with Crippen LogP contribution in [0.5, 0.6) is 0 Å². The molecular formula is C16H20FN3O. The first kappa shape index (κ1) is 15.2. The van der Waals surface area contributed by atoms with E-state index in [9.17, 15) is 9.18 Å². The van der Waals surface area contributed by atoms with Gasteiger partial charge in [-0.05, 0) is 36.8 Å². The van der Waals surface area contributed by atoms with E-state index in [4.69, 9.17) is 0 Å². The van der Waals surface area contributed by atoms with Crippen LogP contribution in [0.1, 0.15) is 43.1 Å². The van der Waals surface area contributed by atoms with Crippen molar-refractivity contribution in [1.29, 1.82) is 0 Å². The van der Waals surface area contributed by atoms with Gasteiger partial charge in [0.25, 0.3) is 5.91 Å². The highest BCUT2D eigenvalue weighted by atomic mass is 19.1. The molecule has 112 valence electrons. The second-order valence-electron chi connectivity index (χ2n) is 4.99. The van der Waals surface area contributed by atoms with E-state index in [2.05, 4.69) is 22.4 Å². The van der Waals surface area contributed by atoms with Gasteiger partial charge in [0.05, 0.1) is 5.69 Å². The average molecular weight is 289 g/mol. The summed E-state index contributed by atoms with van der Waals surface area (Å²) in [5.74, 6) is -0.452. The van der Waals surface area contributed by atoms with Gasteiger partial charge < -0.3 is 5.32 Å². The Labute approximate surface area is 123 Å². The minimum absolute atomic E-state index is 0.160. The number of hydrogen-bond acceptors (Lipinski definition) is 2. The van der Waals surface area contributed by atoms with Gasteiger partial charge in [-0.3, -0.25) is 9.89 Å². The lowest BCUT2D eigenvalue weighted by Crippen LogP contribution is -2.24. The Morgan fingerprint density at radius 2 is 2.00 bits per heavy atom. The highest BCUT2D eigenvalue weighted by Crippen LogP contribution is 2.17. The van der Waals surface area contributed by atoms with Gasteiger partial charge in [-0.25, -0.2) is 4.39 Å². The van der Waals surface area contributed by atoms with Crippen LogP contribution in [-0.4, -0.2) is 22.6 Å². The van der Waals surface area contributed by atoms with Crippen LogP contribution >= 0.6 is 0 Å². The maximum atomic E-state index is 12.9. The monoisotopic (exact) mass is 289 g/mol. The molecule has 2 N–H and O–H groups in total. The van der Waals surface area contributed by atoms with Gasteiger partial charge in [-0.1, -0.05) is 26.2 Å². The van der Waals surface area contributed by atoms with Crippen molar-refractivity contribution in [2.24, 2.45) is 0 Å².